The lowest BCUT2D eigenvalue weighted by Crippen LogP contribution is -2.57. The van der Waals surface area contributed by atoms with Crippen molar-refractivity contribution in [1.82, 2.24) is 15.5 Å². The Hall–Kier alpha value is -1.95. The van der Waals surface area contributed by atoms with E-state index in [1.807, 2.05) is 0 Å². The Morgan fingerprint density at radius 1 is 1.38 bits per heavy atom. The molecule has 21 heavy (non-hydrogen) atoms. The maximum atomic E-state index is 12.8. The van der Waals surface area contributed by atoms with Gasteiger partial charge in [-0.3, -0.25) is 9.59 Å². The van der Waals surface area contributed by atoms with E-state index < -0.39 is 0 Å². The average molecular weight is 293 g/mol. The molecule has 0 spiro atoms. The molecule has 1 aliphatic heterocycles. The number of aryl methyl sites for hydroxylation is 1. The second-order valence-corrected chi connectivity index (χ2v) is 5.09. The van der Waals surface area contributed by atoms with Gasteiger partial charge in [0.15, 0.2) is 0 Å². The first-order valence-electron chi connectivity index (χ1n) is 7.07. The molecule has 0 bridgehead atoms. The minimum atomic E-state index is -0.349. The van der Waals surface area contributed by atoms with E-state index in [9.17, 15) is 14.0 Å². The normalized spacial score (nSPS) is 18.4. The minimum Gasteiger partial charge on any atom is -0.358 e. The van der Waals surface area contributed by atoms with Crippen LogP contribution >= 0.6 is 0 Å². The molecular weight excluding hydrogens is 273 g/mol. The summed E-state index contributed by atoms with van der Waals surface area (Å²) in [6, 6.07) is 5.82. The van der Waals surface area contributed by atoms with Gasteiger partial charge in [-0.2, -0.15) is 0 Å². The van der Waals surface area contributed by atoms with Gasteiger partial charge in [0.2, 0.25) is 11.8 Å². The first-order valence-corrected chi connectivity index (χ1v) is 7.07. The zero-order chi connectivity index (χ0) is 15.2. The zero-order valence-electron chi connectivity index (χ0n) is 12.1. The number of nitrogens with zero attached hydrogens (tertiary/aromatic N) is 1. The van der Waals surface area contributed by atoms with Crippen molar-refractivity contribution in [2.24, 2.45) is 0 Å². The molecule has 1 atom stereocenters. The molecule has 2 N–H and O–H groups in total. The van der Waals surface area contributed by atoms with E-state index in [0.717, 1.165) is 5.56 Å². The molecule has 1 fully saturated rings. The second kappa shape index (κ2) is 7.17. The van der Waals surface area contributed by atoms with E-state index in [2.05, 4.69) is 10.6 Å². The number of carbonyl (C=O) groups is 2. The van der Waals surface area contributed by atoms with Gasteiger partial charge in [0.25, 0.3) is 0 Å². The lowest BCUT2D eigenvalue weighted by Gasteiger charge is -2.32. The van der Waals surface area contributed by atoms with Crippen LogP contribution in [-0.4, -0.2) is 49.4 Å². The summed E-state index contributed by atoms with van der Waals surface area (Å²) in [5.41, 5.74) is 0.933. The summed E-state index contributed by atoms with van der Waals surface area (Å²) in [5.74, 6) is -0.360. The van der Waals surface area contributed by atoms with Crippen LogP contribution < -0.4 is 10.6 Å². The Morgan fingerprint density at radius 3 is 2.76 bits per heavy atom. The van der Waals surface area contributed by atoms with Crippen molar-refractivity contribution in [3.8, 4) is 0 Å². The van der Waals surface area contributed by atoms with Crippen LogP contribution in [0.15, 0.2) is 24.3 Å². The molecule has 0 radical (unpaired) electrons. The van der Waals surface area contributed by atoms with Gasteiger partial charge in [-0.25, -0.2) is 4.39 Å². The van der Waals surface area contributed by atoms with Crippen molar-refractivity contribution in [2.45, 2.75) is 18.9 Å². The summed E-state index contributed by atoms with van der Waals surface area (Å²) in [6.07, 6.45) is 0.944. The maximum absolute atomic E-state index is 12.8. The molecule has 0 aliphatic carbocycles. The van der Waals surface area contributed by atoms with E-state index in [0.29, 0.717) is 32.5 Å². The van der Waals surface area contributed by atoms with Crippen molar-refractivity contribution in [2.75, 3.05) is 26.7 Å². The van der Waals surface area contributed by atoms with Gasteiger partial charge >= 0.3 is 0 Å². The number of piperazine rings is 1. The predicted octanol–water partition coefficient (Wildman–Crippen LogP) is 0.305. The summed E-state index contributed by atoms with van der Waals surface area (Å²) in [4.78, 5) is 25.5. The van der Waals surface area contributed by atoms with Crippen molar-refractivity contribution >= 4 is 11.8 Å². The molecule has 1 heterocycles. The number of nitrogens with one attached hydrogen (secondary N) is 2. The van der Waals surface area contributed by atoms with E-state index in [1.54, 1.807) is 24.1 Å². The number of hydrogen-bond acceptors (Lipinski definition) is 3. The Balaban J connectivity index is 1.85. The molecule has 2 amide bonds. The van der Waals surface area contributed by atoms with Crippen molar-refractivity contribution in [1.29, 1.82) is 0 Å². The largest absolute Gasteiger partial charge is 0.358 e. The molecule has 6 heteroatoms. The van der Waals surface area contributed by atoms with Gasteiger partial charge in [-0.05, 0) is 24.1 Å². The highest BCUT2D eigenvalue weighted by Gasteiger charge is 2.26. The molecule has 0 aromatic heterocycles. The van der Waals surface area contributed by atoms with Crippen molar-refractivity contribution in [3.05, 3.63) is 35.6 Å². The Labute approximate surface area is 123 Å². The van der Waals surface area contributed by atoms with Crippen LogP contribution in [0.5, 0.6) is 0 Å². The fraction of sp³-hybridized carbons (Fsp3) is 0.467. The minimum absolute atomic E-state index is 0.0229. The molecule has 2 rings (SSSR count). The molecule has 0 unspecified atom stereocenters. The van der Waals surface area contributed by atoms with E-state index in [-0.39, 0.29) is 23.7 Å². The molecule has 1 aromatic carbocycles. The molecule has 1 saturated heterocycles. The fourth-order valence-electron chi connectivity index (χ4n) is 2.39. The standard InChI is InChI=1S/C15H20FN3O2/c1-17-15(21)13-10-19(9-8-18-13)14(20)7-4-11-2-5-12(16)6-3-11/h2-3,5-6,13,18H,4,7-10H2,1H3,(H,17,21)/t13-/m1/s1. The summed E-state index contributed by atoms with van der Waals surface area (Å²) >= 11 is 0. The molecule has 0 saturated carbocycles. The van der Waals surface area contributed by atoms with Gasteiger partial charge in [0, 0.05) is 33.1 Å². The smallest absolute Gasteiger partial charge is 0.238 e. The number of rotatable bonds is 4. The van der Waals surface area contributed by atoms with Crippen molar-refractivity contribution < 1.29 is 14.0 Å². The third-order valence-corrected chi connectivity index (χ3v) is 3.63. The van der Waals surface area contributed by atoms with Crippen molar-refractivity contribution in [3.63, 3.8) is 0 Å². The number of likely N-dealkylation sites (N-methyl/N-ethyl adjacent to an activating group) is 1. The third-order valence-electron chi connectivity index (χ3n) is 3.63. The Kier molecular flexibility index (Phi) is 5.27. The molecular formula is C15H20FN3O2. The van der Waals surface area contributed by atoms with Gasteiger partial charge in [-0.15, -0.1) is 0 Å². The molecule has 1 aromatic rings. The van der Waals surface area contributed by atoms with Gasteiger partial charge in [0.1, 0.15) is 11.9 Å². The Morgan fingerprint density at radius 2 is 2.10 bits per heavy atom. The van der Waals surface area contributed by atoms with E-state index in [1.165, 1.54) is 12.1 Å². The zero-order valence-corrected chi connectivity index (χ0v) is 12.1. The number of halogens is 1. The van der Waals surface area contributed by atoms with Gasteiger partial charge < -0.3 is 15.5 Å². The van der Waals surface area contributed by atoms with Crippen LogP contribution in [0.1, 0.15) is 12.0 Å². The quantitative estimate of drug-likeness (QED) is 0.839. The van der Waals surface area contributed by atoms with Crippen LogP contribution in [0.2, 0.25) is 0 Å². The first-order chi connectivity index (χ1) is 10.1. The van der Waals surface area contributed by atoms with Crippen LogP contribution in [0.25, 0.3) is 0 Å². The highest BCUT2D eigenvalue weighted by atomic mass is 19.1. The first kappa shape index (κ1) is 15.4. The summed E-state index contributed by atoms with van der Waals surface area (Å²) < 4.78 is 12.8. The summed E-state index contributed by atoms with van der Waals surface area (Å²) in [6.45, 7) is 1.61. The van der Waals surface area contributed by atoms with Crippen LogP contribution in [0.3, 0.4) is 0 Å². The number of benzene rings is 1. The average Bonchev–Trinajstić information content (AvgIpc) is 2.53. The molecule has 1 aliphatic rings. The predicted molar refractivity (Wildman–Crippen MR) is 77.2 cm³/mol. The highest BCUT2D eigenvalue weighted by Crippen LogP contribution is 2.08. The molecule has 5 nitrogen and oxygen atoms in total. The van der Waals surface area contributed by atoms with Crippen LogP contribution in [0.4, 0.5) is 4.39 Å². The van der Waals surface area contributed by atoms with Gasteiger partial charge in [0.05, 0.1) is 0 Å². The second-order valence-electron chi connectivity index (χ2n) is 5.09. The maximum Gasteiger partial charge on any atom is 0.238 e. The van der Waals surface area contributed by atoms with E-state index in [4.69, 9.17) is 0 Å². The highest BCUT2D eigenvalue weighted by molar-refractivity contribution is 5.83. The summed E-state index contributed by atoms with van der Waals surface area (Å²) in [5, 5.41) is 5.67. The number of carbonyl (C=O) groups excluding carboxylic acids is 2. The lowest BCUT2D eigenvalue weighted by atomic mass is 10.1. The van der Waals surface area contributed by atoms with Crippen LogP contribution in [0, 0.1) is 5.82 Å². The molecule has 114 valence electrons. The van der Waals surface area contributed by atoms with Gasteiger partial charge in [-0.1, -0.05) is 12.1 Å². The third kappa shape index (κ3) is 4.26. The number of hydrogen-bond donors (Lipinski definition) is 2. The Bertz CT molecular complexity index is 504. The summed E-state index contributed by atoms with van der Waals surface area (Å²) in [7, 11) is 1.58. The van der Waals surface area contributed by atoms with Crippen LogP contribution in [-0.2, 0) is 16.0 Å². The fourth-order valence-corrected chi connectivity index (χ4v) is 2.39. The number of amides is 2. The SMILES string of the molecule is CNC(=O)[C@H]1CN(C(=O)CCc2ccc(F)cc2)CCN1. The topological polar surface area (TPSA) is 61.4 Å². The van der Waals surface area contributed by atoms with E-state index >= 15 is 0 Å². The monoisotopic (exact) mass is 293 g/mol. The lowest BCUT2D eigenvalue weighted by molar-refractivity contribution is -0.134.